The molecule has 0 aromatic carbocycles. The first kappa shape index (κ1) is 61.3. The second kappa shape index (κ2) is 39.5. The fourth-order valence-electron chi connectivity index (χ4n) is 9.16. The topological polar surface area (TPSA) is 111 Å². The third-order valence-corrected chi connectivity index (χ3v) is 12.5. The number of hydrogen-bond acceptors (Lipinski definition) is 7. The van der Waals surface area contributed by atoms with Crippen LogP contribution in [0.15, 0.2) is 0 Å². The maximum Gasteiger partial charge on any atom is 0.349 e. The van der Waals surface area contributed by atoms with Crippen molar-refractivity contribution in [2.24, 2.45) is 11.3 Å². The van der Waals surface area contributed by atoms with Crippen LogP contribution in [0.3, 0.4) is 0 Å². The summed E-state index contributed by atoms with van der Waals surface area (Å²) in [6.45, 7) is 19.1. The number of rotatable bonds is 42. The van der Waals surface area contributed by atoms with Crippen LogP contribution in [0.5, 0.6) is 0 Å². The van der Waals surface area contributed by atoms with Crippen molar-refractivity contribution in [3.8, 4) is 0 Å². The van der Waals surface area contributed by atoms with Crippen LogP contribution in [0.25, 0.3) is 0 Å². The predicted molar refractivity (Wildman–Crippen MR) is 266 cm³/mol. The molecular weight excluding hydrogens is 787 g/mol. The lowest BCUT2D eigenvalue weighted by molar-refractivity contribution is -0.215. The molecule has 1 atom stereocenters. The number of hydrogen-bond donors (Lipinski definition) is 2. The summed E-state index contributed by atoms with van der Waals surface area (Å²) in [5, 5.41) is 12.3. The zero-order valence-electron chi connectivity index (χ0n) is 43.4. The fourth-order valence-corrected chi connectivity index (χ4v) is 9.16. The van der Waals surface area contributed by atoms with Crippen LogP contribution in [0.2, 0.25) is 0 Å². The van der Waals surface area contributed by atoms with Gasteiger partial charge in [-0.15, -0.1) is 0 Å². The van der Waals surface area contributed by atoms with E-state index >= 15 is 0 Å². The summed E-state index contributed by atoms with van der Waals surface area (Å²) in [4.78, 5) is 39.6. The van der Waals surface area contributed by atoms with Gasteiger partial charge in [-0.2, -0.15) is 0 Å². The highest BCUT2D eigenvalue weighted by molar-refractivity contribution is 5.85. The van der Waals surface area contributed by atoms with Gasteiger partial charge in [-0.3, -0.25) is 9.59 Å². The van der Waals surface area contributed by atoms with Crippen LogP contribution in [-0.4, -0.2) is 60.0 Å². The van der Waals surface area contributed by atoms with Crippen molar-refractivity contribution in [1.82, 2.24) is 5.32 Å². The maximum atomic E-state index is 13.4. The standard InChI is InChI=1S/C51H97NO7.C4H10/c1-7-9-11-13-15-17-19-21-23-25-27-29-31-33-35-37-41-57-47(55)45(42-52-48(56)50(5)43-51(6,44-50)59-49(3,4)39-40-53)58-46(54)38-36-34-32-30-28-26-24-22-20-18-16-14-12-10-8-2;1-4(2)3/h45,53H,7-44H2,1-6H3,(H,52,56);4H,1-3H3. The summed E-state index contributed by atoms with van der Waals surface area (Å²) in [5.41, 5.74) is -1.64. The fraction of sp³-hybridized carbons (Fsp3) is 0.945. The van der Waals surface area contributed by atoms with E-state index in [0.717, 1.165) is 44.4 Å². The summed E-state index contributed by atoms with van der Waals surface area (Å²) in [7, 11) is 0. The number of carbonyl (C=O) groups excluding carboxylic acids is 3. The lowest BCUT2D eigenvalue weighted by Gasteiger charge is -2.54. The average Bonchev–Trinajstić information content (AvgIpc) is 3.20. The van der Waals surface area contributed by atoms with Gasteiger partial charge < -0.3 is 24.6 Å². The second-order valence-electron chi connectivity index (χ2n) is 21.3. The van der Waals surface area contributed by atoms with Crippen LogP contribution in [0.1, 0.15) is 287 Å². The minimum atomic E-state index is -1.17. The highest BCUT2D eigenvalue weighted by Gasteiger charge is 2.55. The van der Waals surface area contributed by atoms with E-state index in [1.54, 1.807) is 0 Å². The number of amides is 1. The van der Waals surface area contributed by atoms with Gasteiger partial charge in [0, 0.05) is 13.0 Å². The van der Waals surface area contributed by atoms with Crippen LogP contribution in [0.4, 0.5) is 0 Å². The third-order valence-electron chi connectivity index (χ3n) is 12.5. The molecule has 0 heterocycles. The summed E-state index contributed by atoms with van der Waals surface area (Å²) in [6.07, 6.45) is 39.9. The van der Waals surface area contributed by atoms with Gasteiger partial charge in [-0.25, -0.2) is 4.79 Å². The van der Waals surface area contributed by atoms with Gasteiger partial charge in [-0.05, 0) is 58.8 Å². The monoisotopic (exact) mass is 894 g/mol. The molecule has 8 heteroatoms. The Bertz CT molecular complexity index is 1080. The summed E-state index contributed by atoms with van der Waals surface area (Å²) >= 11 is 0. The van der Waals surface area contributed by atoms with E-state index in [-0.39, 0.29) is 32.1 Å². The van der Waals surface area contributed by atoms with Crippen LogP contribution in [-0.2, 0) is 28.6 Å². The molecule has 374 valence electrons. The van der Waals surface area contributed by atoms with Crippen molar-refractivity contribution in [3.63, 3.8) is 0 Å². The van der Waals surface area contributed by atoms with E-state index in [4.69, 9.17) is 14.2 Å². The Morgan fingerprint density at radius 2 is 0.937 bits per heavy atom. The molecule has 8 nitrogen and oxygen atoms in total. The zero-order valence-corrected chi connectivity index (χ0v) is 43.4. The molecule has 1 rings (SSSR count). The molecule has 63 heavy (non-hydrogen) atoms. The van der Waals surface area contributed by atoms with Crippen molar-refractivity contribution in [2.45, 2.75) is 304 Å². The van der Waals surface area contributed by atoms with Crippen LogP contribution in [0, 0.1) is 11.3 Å². The number of nitrogens with one attached hydrogen (secondary N) is 1. The van der Waals surface area contributed by atoms with Crippen molar-refractivity contribution < 1.29 is 33.7 Å². The Hall–Kier alpha value is -1.67. The molecule has 1 saturated carbocycles. The molecule has 0 aliphatic heterocycles. The smallest absolute Gasteiger partial charge is 0.349 e. The van der Waals surface area contributed by atoms with Gasteiger partial charge >= 0.3 is 11.9 Å². The van der Waals surface area contributed by atoms with Crippen molar-refractivity contribution in [3.05, 3.63) is 0 Å². The van der Waals surface area contributed by atoms with Crippen molar-refractivity contribution in [1.29, 1.82) is 0 Å². The number of aliphatic hydroxyl groups excluding tert-OH is 1. The van der Waals surface area contributed by atoms with E-state index < -0.39 is 34.7 Å². The molecule has 0 saturated heterocycles. The van der Waals surface area contributed by atoms with Gasteiger partial charge in [0.2, 0.25) is 12.0 Å². The minimum Gasteiger partial charge on any atom is -0.463 e. The first-order chi connectivity index (χ1) is 30.1. The number of ether oxygens (including phenoxy) is 3. The number of esters is 2. The normalized spacial score (nSPS) is 17.8. The van der Waals surface area contributed by atoms with E-state index in [1.165, 1.54) is 161 Å². The quantitative estimate of drug-likeness (QED) is 0.0464. The van der Waals surface area contributed by atoms with Gasteiger partial charge in [0.05, 0.1) is 29.8 Å². The molecule has 1 unspecified atom stereocenters. The third kappa shape index (κ3) is 36.2. The average molecular weight is 894 g/mol. The Labute approximate surface area is 391 Å². The number of carbonyl (C=O) groups is 3. The maximum absolute atomic E-state index is 13.4. The lowest BCUT2D eigenvalue weighted by Crippen LogP contribution is -2.60. The molecular formula is C55H107NO7. The Kier molecular flexibility index (Phi) is 38.4. The van der Waals surface area contributed by atoms with Crippen LogP contribution >= 0.6 is 0 Å². The largest absolute Gasteiger partial charge is 0.463 e. The molecule has 1 fully saturated rings. The van der Waals surface area contributed by atoms with Gasteiger partial charge in [0.25, 0.3) is 0 Å². The van der Waals surface area contributed by atoms with E-state index in [2.05, 4.69) is 39.9 Å². The molecule has 2 N–H and O–H groups in total. The molecule has 0 spiro atoms. The summed E-state index contributed by atoms with van der Waals surface area (Å²) in [6, 6.07) is 0. The van der Waals surface area contributed by atoms with E-state index in [9.17, 15) is 19.5 Å². The number of unbranched alkanes of at least 4 members (excludes halogenated alkanes) is 29. The number of aliphatic hydroxyl groups is 1. The first-order valence-corrected chi connectivity index (χ1v) is 27.1. The highest BCUT2D eigenvalue weighted by atomic mass is 16.6. The Balaban J connectivity index is 0.00000918. The first-order valence-electron chi connectivity index (χ1n) is 27.1. The highest BCUT2D eigenvalue weighted by Crippen LogP contribution is 2.52. The Morgan fingerprint density at radius 3 is 1.30 bits per heavy atom. The second-order valence-corrected chi connectivity index (χ2v) is 21.3. The molecule has 0 bridgehead atoms. The van der Waals surface area contributed by atoms with Gasteiger partial charge in [-0.1, -0.05) is 228 Å². The molecule has 0 aromatic rings. The minimum absolute atomic E-state index is 0.0377. The lowest BCUT2D eigenvalue weighted by atomic mass is 9.60. The summed E-state index contributed by atoms with van der Waals surface area (Å²) in [5.74, 6) is -0.360. The van der Waals surface area contributed by atoms with E-state index in [0.29, 0.717) is 19.3 Å². The predicted octanol–water partition coefficient (Wildman–Crippen LogP) is 15.5. The van der Waals surface area contributed by atoms with Gasteiger partial charge in [0.1, 0.15) is 0 Å². The molecule has 1 aliphatic carbocycles. The van der Waals surface area contributed by atoms with E-state index in [1.807, 2.05) is 27.7 Å². The molecule has 0 aromatic heterocycles. The molecule has 0 radical (unpaired) electrons. The van der Waals surface area contributed by atoms with Crippen molar-refractivity contribution in [2.75, 3.05) is 19.8 Å². The van der Waals surface area contributed by atoms with Crippen LogP contribution < -0.4 is 5.32 Å². The molecule has 1 aliphatic rings. The molecule has 1 amide bonds. The Morgan fingerprint density at radius 1 is 0.587 bits per heavy atom. The SMILES string of the molecule is CC(C)C.CCCCCCCCCCCCCCCCCCOC(=O)C(CNC(=O)C1(C)CC(C)(OC(C)(C)CCO)C1)OC(=O)CCCCCCCCCCCCCCCCC. The zero-order chi connectivity index (χ0) is 47.1. The van der Waals surface area contributed by atoms with Crippen molar-refractivity contribution >= 4 is 17.8 Å². The summed E-state index contributed by atoms with van der Waals surface area (Å²) < 4.78 is 17.6. The van der Waals surface area contributed by atoms with Gasteiger partial charge in [0.15, 0.2) is 0 Å².